The van der Waals surface area contributed by atoms with Crippen molar-refractivity contribution in [1.82, 2.24) is 4.90 Å². The lowest BCUT2D eigenvalue weighted by atomic mass is 9.39. The first-order valence-electron chi connectivity index (χ1n) is 29.0. The van der Waals surface area contributed by atoms with Crippen LogP contribution in [0, 0.1) is 45.8 Å². The highest BCUT2D eigenvalue weighted by atomic mass is 16.5. The predicted octanol–water partition coefficient (Wildman–Crippen LogP) is 17.0. The second kappa shape index (κ2) is 27.5. The van der Waals surface area contributed by atoms with Crippen LogP contribution in [-0.4, -0.2) is 55.5 Å². The van der Waals surface area contributed by atoms with Gasteiger partial charge in [-0.25, -0.2) is 0 Å². The average Bonchev–Trinajstić information content (AvgIpc) is 3.82. The fraction of sp³-hybridized carbons (Fsp3) is 0.933. The molecule has 4 aliphatic carbocycles. The lowest BCUT2D eigenvalue weighted by Crippen LogP contribution is -2.63. The van der Waals surface area contributed by atoms with Gasteiger partial charge in [0.05, 0.1) is 12.7 Å². The van der Waals surface area contributed by atoms with Gasteiger partial charge in [-0.15, -0.1) is 6.58 Å². The van der Waals surface area contributed by atoms with E-state index in [2.05, 4.69) is 72.1 Å². The van der Waals surface area contributed by atoms with Crippen molar-refractivity contribution in [2.24, 2.45) is 51.6 Å². The van der Waals surface area contributed by atoms with Gasteiger partial charge in [0.2, 0.25) is 0 Å². The van der Waals surface area contributed by atoms with Crippen LogP contribution >= 0.6 is 0 Å². The number of hydrogen-bond acceptors (Lipinski definition) is 4. The zero-order valence-corrected chi connectivity index (χ0v) is 44.1. The van der Waals surface area contributed by atoms with E-state index in [4.69, 9.17) is 15.2 Å². The molecule has 0 aromatic heterocycles. The molecule has 4 fully saturated rings. The summed E-state index contributed by atoms with van der Waals surface area (Å²) in [6.45, 7) is 26.7. The highest BCUT2D eigenvalue weighted by Crippen LogP contribution is 2.73. The van der Waals surface area contributed by atoms with Crippen LogP contribution in [0.4, 0.5) is 0 Å². The number of nitrogens with zero attached hydrogens (tertiary/aromatic N) is 1. The van der Waals surface area contributed by atoms with Gasteiger partial charge in [-0.05, 0) is 144 Å². The van der Waals surface area contributed by atoms with Crippen molar-refractivity contribution < 1.29 is 9.47 Å². The first-order valence-corrected chi connectivity index (χ1v) is 29.0. The number of ether oxygens (including phenoxy) is 2. The third-order valence-electron chi connectivity index (χ3n) is 19.7. The minimum absolute atomic E-state index is 0.0323. The Morgan fingerprint density at radius 2 is 1.39 bits per heavy atom. The highest BCUT2D eigenvalue weighted by molar-refractivity contribution is 5.33. The van der Waals surface area contributed by atoms with E-state index in [1.807, 2.05) is 0 Å². The molecule has 2 N–H and O–H groups in total. The molecule has 372 valence electrons. The number of allylic oxidation sites excluding steroid dienone is 3. The van der Waals surface area contributed by atoms with Gasteiger partial charge in [-0.2, -0.15) is 0 Å². The van der Waals surface area contributed by atoms with E-state index in [1.54, 1.807) is 5.57 Å². The predicted molar refractivity (Wildman–Crippen MR) is 278 cm³/mol. The van der Waals surface area contributed by atoms with E-state index in [0.29, 0.717) is 23.8 Å². The number of unbranched alkanes of at least 4 members (excludes halogenated alkanes) is 17. The number of fused-ring (bicyclic) bond motifs is 5. The van der Waals surface area contributed by atoms with Gasteiger partial charge >= 0.3 is 0 Å². The van der Waals surface area contributed by atoms with E-state index in [9.17, 15) is 0 Å². The fourth-order valence-corrected chi connectivity index (χ4v) is 15.1. The maximum atomic E-state index is 7.65. The van der Waals surface area contributed by atoms with Crippen molar-refractivity contribution >= 4 is 0 Å². The van der Waals surface area contributed by atoms with Crippen LogP contribution in [0.5, 0.6) is 0 Å². The molecule has 3 saturated carbocycles. The van der Waals surface area contributed by atoms with Crippen LogP contribution in [0.25, 0.3) is 0 Å². The van der Waals surface area contributed by atoms with Gasteiger partial charge in [-0.3, -0.25) is 4.90 Å². The first kappa shape index (κ1) is 54.3. The minimum Gasteiger partial charge on any atom is -0.379 e. The molecule has 0 amide bonds. The molecule has 0 aromatic carbocycles. The molecule has 5 rings (SSSR count). The molecule has 5 aliphatic rings. The van der Waals surface area contributed by atoms with Gasteiger partial charge in [0.15, 0.2) is 0 Å². The van der Waals surface area contributed by atoms with Gasteiger partial charge < -0.3 is 15.2 Å². The molecule has 64 heavy (non-hydrogen) atoms. The lowest BCUT2D eigenvalue weighted by molar-refractivity contribution is -0.103. The Kier molecular flexibility index (Phi) is 23.3. The number of nitrogens with two attached hydrogens (primary N) is 1. The van der Waals surface area contributed by atoms with Crippen molar-refractivity contribution in [1.29, 1.82) is 0 Å². The quantitative estimate of drug-likeness (QED) is 0.0516. The van der Waals surface area contributed by atoms with E-state index < -0.39 is 0 Å². The van der Waals surface area contributed by atoms with E-state index >= 15 is 0 Å². The molecule has 0 spiro atoms. The molecule has 0 radical (unpaired) electrons. The normalized spacial score (nSPS) is 32.6. The highest BCUT2D eigenvalue weighted by Gasteiger charge is 2.68. The molecule has 0 aromatic rings. The van der Waals surface area contributed by atoms with Crippen molar-refractivity contribution in [2.45, 2.75) is 278 Å². The molecular formula is C60H110N2O2. The third-order valence-corrected chi connectivity index (χ3v) is 19.7. The Morgan fingerprint density at radius 1 is 0.750 bits per heavy atom. The second-order valence-corrected chi connectivity index (χ2v) is 24.3. The third kappa shape index (κ3) is 14.2. The fourth-order valence-electron chi connectivity index (χ4n) is 15.1. The first-order chi connectivity index (χ1) is 30.9. The average molecular weight is 892 g/mol. The standard InChI is InChI=1S/C60H110N2O2/c1-9-11-12-13-14-15-16-17-18-19-20-21-22-23-24-25-26-27-44-63-48-54(47-62-43-29-33-51(62)6)64-45-30-34-52-37-39-57(7)53(46-52)35-36-56-55-38-40-60(61,50(5)32-28-31-49(3)4)58(55,8)41-42-59(56,57)10-2/h10,35,49-52,54-56H,2,9,11-34,36-48,61H2,1,3-8H3/t50-,51?,52+,54?,55+,56+,57+,58+,59+,60+/m1/s1. The van der Waals surface area contributed by atoms with Crippen LogP contribution in [0.3, 0.4) is 0 Å². The topological polar surface area (TPSA) is 47.7 Å². The summed E-state index contributed by atoms with van der Waals surface area (Å²) in [5, 5.41) is 0. The van der Waals surface area contributed by atoms with Gasteiger partial charge in [0.1, 0.15) is 0 Å². The Balaban J connectivity index is 0.976. The molecular weight excluding hydrogens is 781 g/mol. The number of rotatable bonds is 34. The minimum atomic E-state index is -0.0323. The van der Waals surface area contributed by atoms with Crippen LogP contribution in [-0.2, 0) is 9.47 Å². The molecule has 0 bridgehead atoms. The summed E-state index contributed by atoms with van der Waals surface area (Å²) in [7, 11) is 0. The van der Waals surface area contributed by atoms with Crippen LogP contribution < -0.4 is 5.73 Å². The maximum absolute atomic E-state index is 7.65. The second-order valence-electron chi connectivity index (χ2n) is 24.3. The molecule has 1 heterocycles. The molecule has 1 saturated heterocycles. The monoisotopic (exact) mass is 891 g/mol. The summed E-state index contributed by atoms with van der Waals surface area (Å²) >= 11 is 0. The SMILES string of the molecule is C=C[C@]12CC[C@@]3(C)[C@@H](CC[C@]3(N)[C@H](C)CCCC(C)C)[C@@H]1CC=C1C[C@@H](CCCOC(COCCCCCCCCCCCCCCCCCCCC)CN3CCCC3C)CC[C@@]12C. The largest absolute Gasteiger partial charge is 0.379 e. The molecule has 4 heteroatoms. The Morgan fingerprint density at radius 3 is 1.98 bits per heavy atom. The van der Waals surface area contributed by atoms with Gasteiger partial charge in [0.25, 0.3) is 0 Å². The maximum Gasteiger partial charge on any atom is 0.0935 e. The van der Waals surface area contributed by atoms with Crippen LogP contribution in [0.1, 0.15) is 260 Å². The van der Waals surface area contributed by atoms with Crippen LogP contribution in [0.2, 0.25) is 0 Å². The van der Waals surface area contributed by atoms with E-state index in [0.717, 1.165) is 38.2 Å². The van der Waals surface area contributed by atoms with Crippen molar-refractivity contribution in [2.75, 3.05) is 32.9 Å². The summed E-state index contributed by atoms with van der Waals surface area (Å²) in [5.74, 6) is 3.56. The van der Waals surface area contributed by atoms with Crippen molar-refractivity contribution in [3.05, 3.63) is 24.3 Å². The van der Waals surface area contributed by atoms with Gasteiger partial charge in [-0.1, -0.05) is 181 Å². The molecule has 2 unspecified atom stereocenters. The summed E-state index contributed by atoms with van der Waals surface area (Å²) in [5.41, 5.74) is 10.1. The molecule has 1 aliphatic heterocycles. The number of hydrogen-bond donors (Lipinski definition) is 1. The van der Waals surface area contributed by atoms with Crippen LogP contribution in [0.15, 0.2) is 24.3 Å². The lowest BCUT2D eigenvalue weighted by Gasteiger charge is -2.66. The smallest absolute Gasteiger partial charge is 0.0935 e. The van der Waals surface area contributed by atoms with E-state index in [1.165, 1.54) is 218 Å². The summed E-state index contributed by atoms with van der Waals surface area (Å²) in [6.07, 6.45) is 50.3. The van der Waals surface area contributed by atoms with E-state index in [-0.39, 0.29) is 27.9 Å². The summed E-state index contributed by atoms with van der Waals surface area (Å²) in [4.78, 5) is 2.66. The van der Waals surface area contributed by atoms with Gasteiger partial charge in [0, 0.05) is 36.8 Å². The number of likely N-dealkylation sites (tertiary alicyclic amines) is 1. The zero-order chi connectivity index (χ0) is 45.9. The Hall–Kier alpha value is -0.680. The summed E-state index contributed by atoms with van der Waals surface area (Å²) in [6, 6.07) is 0.673. The van der Waals surface area contributed by atoms with Crippen molar-refractivity contribution in [3.63, 3.8) is 0 Å². The summed E-state index contributed by atoms with van der Waals surface area (Å²) < 4.78 is 13.1. The Bertz CT molecular complexity index is 1330. The molecule has 4 nitrogen and oxygen atoms in total. The Labute approximate surface area is 399 Å². The van der Waals surface area contributed by atoms with Crippen molar-refractivity contribution in [3.8, 4) is 0 Å². The molecule has 10 atom stereocenters. The zero-order valence-electron chi connectivity index (χ0n) is 44.1.